The SMILES string of the molecule is Cc1cccc(S(=O)(=O)Nc2nn(C)c3cc(C)n(C)c(=O)c23)c1. The fourth-order valence-electron chi connectivity index (χ4n) is 2.58. The van der Waals surface area contributed by atoms with Gasteiger partial charge in [-0.25, -0.2) is 8.42 Å². The maximum absolute atomic E-state index is 12.6. The van der Waals surface area contributed by atoms with Gasteiger partial charge in [0.05, 0.1) is 10.4 Å². The van der Waals surface area contributed by atoms with E-state index in [2.05, 4.69) is 9.82 Å². The van der Waals surface area contributed by atoms with Crippen LogP contribution in [0.1, 0.15) is 11.3 Å². The molecule has 2 heterocycles. The van der Waals surface area contributed by atoms with Gasteiger partial charge in [0.25, 0.3) is 15.6 Å². The number of benzene rings is 1. The lowest BCUT2D eigenvalue weighted by Gasteiger charge is -2.07. The number of aromatic nitrogens is 3. The molecule has 126 valence electrons. The summed E-state index contributed by atoms with van der Waals surface area (Å²) in [7, 11) is -0.514. The first-order valence-electron chi connectivity index (χ1n) is 7.33. The highest BCUT2D eigenvalue weighted by atomic mass is 32.2. The van der Waals surface area contributed by atoms with Crippen LogP contribution in [-0.2, 0) is 24.1 Å². The predicted octanol–water partition coefficient (Wildman–Crippen LogP) is 1.69. The summed E-state index contributed by atoms with van der Waals surface area (Å²) in [5.74, 6) is 0.0367. The van der Waals surface area contributed by atoms with Crippen molar-refractivity contribution in [3.8, 4) is 0 Å². The Morgan fingerprint density at radius 3 is 2.50 bits per heavy atom. The van der Waals surface area contributed by atoms with Crippen molar-refractivity contribution >= 4 is 26.7 Å². The van der Waals surface area contributed by atoms with E-state index in [0.717, 1.165) is 11.3 Å². The summed E-state index contributed by atoms with van der Waals surface area (Å²) >= 11 is 0. The molecule has 1 aromatic carbocycles. The molecule has 0 aliphatic carbocycles. The lowest BCUT2D eigenvalue weighted by Crippen LogP contribution is -2.20. The summed E-state index contributed by atoms with van der Waals surface area (Å²) < 4.78 is 30.6. The molecular weight excluding hydrogens is 328 g/mol. The lowest BCUT2D eigenvalue weighted by atomic mass is 10.2. The van der Waals surface area contributed by atoms with Crippen molar-refractivity contribution < 1.29 is 8.42 Å². The van der Waals surface area contributed by atoms with Crippen LogP contribution in [-0.4, -0.2) is 22.8 Å². The number of sulfonamides is 1. The highest BCUT2D eigenvalue weighted by Gasteiger charge is 2.21. The molecule has 0 spiro atoms. The molecule has 2 aromatic heterocycles. The monoisotopic (exact) mass is 346 g/mol. The molecule has 3 aromatic rings. The van der Waals surface area contributed by atoms with Crippen molar-refractivity contribution in [1.29, 1.82) is 0 Å². The smallest absolute Gasteiger partial charge is 0.263 e. The normalized spacial score (nSPS) is 11.8. The van der Waals surface area contributed by atoms with Gasteiger partial charge in [-0.15, -0.1) is 0 Å². The Kier molecular flexibility index (Phi) is 3.71. The van der Waals surface area contributed by atoms with Crippen molar-refractivity contribution in [3.63, 3.8) is 0 Å². The van der Waals surface area contributed by atoms with E-state index in [0.29, 0.717) is 5.52 Å². The average Bonchev–Trinajstić information content (AvgIpc) is 2.80. The van der Waals surface area contributed by atoms with Gasteiger partial charge in [0.15, 0.2) is 5.82 Å². The van der Waals surface area contributed by atoms with Crippen LogP contribution in [0.15, 0.2) is 40.0 Å². The highest BCUT2D eigenvalue weighted by Crippen LogP contribution is 2.23. The lowest BCUT2D eigenvalue weighted by molar-refractivity contribution is 0.601. The van der Waals surface area contributed by atoms with Crippen LogP contribution in [0.3, 0.4) is 0 Å². The largest absolute Gasteiger partial charge is 0.315 e. The molecule has 1 N–H and O–H groups in total. The minimum Gasteiger partial charge on any atom is -0.315 e. The van der Waals surface area contributed by atoms with Crippen molar-refractivity contribution in [2.75, 3.05) is 4.72 Å². The highest BCUT2D eigenvalue weighted by molar-refractivity contribution is 7.92. The number of fused-ring (bicyclic) bond motifs is 1. The molecule has 0 aliphatic heterocycles. The third-order valence-corrected chi connectivity index (χ3v) is 5.35. The molecule has 0 fully saturated rings. The number of hydrogen-bond acceptors (Lipinski definition) is 4. The Balaban J connectivity index is 2.18. The maximum atomic E-state index is 12.6. The summed E-state index contributed by atoms with van der Waals surface area (Å²) in [5, 5.41) is 4.43. The van der Waals surface area contributed by atoms with Crippen molar-refractivity contribution in [2.24, 2.45) is 14.1 Å². The number of anilines is 1. The van der Waals surface area contributed by atoms with Gasteiger partial charge >= 0.3 is 0 Å². The van der Waals surface area contributed by atoms with Gasteiger partial charge < -0.3 is 4.57 Å². The van der Waals surface area contributed by atoms with E-state index < -0.39 is 10.0 Å². The minimum absolute atomic E-state index is 0.0367. The second-order valence-corrected chi connectivity index (χ2v) is 7.49. The maximum Gasteiger partial charge on any atom is 0.263 e. The van der Waals surface area contributed by atoms with E-state index in [4.69, 9.17) is 0 Å². The van der Waals surface area contributed by atoms with E-state index in [-0.39, 0.29) is 21.7 Å². The second-order valence-electron chi connectivity index (χ2n) is 5.80. The van der Waals surface area contributed by atoms with Crippen LogP contribution in [0.5, 0.6) is 0 Å². The van der Waals surface area contributed by atoms with Crippen molar-refractivity contribution in [2.45, 2.75) is 18.7 Å². The Hall–Kier alpha value is -2.61. The topological polar surface area (TPSA) is 86.0 Å². The van der Waals surface area contributed by atoms with Gasteiger partial charge in [0, 0.05) is 19.8 Å². The first-order valence-corrected chi connectivity index (χ1v) is 8.82. The Morgan fingerprint density at radius 1 is 1.12 bits per heavy atom. The summed E-state index contributed by atoms with van der Waals surface area (Å²) in [4.78, 5) is 12.7. The third-order valence-electron chi connectivity index (χ3n) is 4.02. The van der Waals surface area contributed by atoms with Crippen LogP contribution >= 0.6 is 0 Å². The summed E-state index contributed by atoms with van der Waals surface area (Å²) in [5.41, 5.74) is 1.89. The molecule has 7 nitrogen and oxygen atoms in total. The fourth-order valence-corrected chi connectivity index (χ4v) is 3.69. The van der Waals surface area contributed by atoms with E-state index in [9.17, 15) is 13.2 Å². The van der Waals surface area contributed by atoms with E-state index >= 15 is 0 Å². The number of rotatable bonds is 3. The fraction of sp³-hybridized carbons (Fsp3) is 0.250. The number of pyridine rings is 1. The molecule has 0 saturated heterocycles. The molecule has 0 bridgehead atoms. The van der Waals surface area contributed by atoms with Crippen molar-refractivity contribution in [3.05, 3.63) is 51.9 Å². The van der Waals surface area contributed by atoms with Gasteiger partial charge in [-0.1, -0.05) is 12.1 Å². The number of aryl methyl sites for hydroxylation is 3. The second kappa shape index (κ2) is 5.48. The average molecular weight is 346 g/mol. The molecule has 24 heavy (non-hydrogen) atoms. The van der Waals surface area contributed by atoms with Crippen LogP contribution in [0, 0.1) is 13.8 Å². The molecule has 0 saturated carbocycles. The zero-order valence-corrected chi connectivity index (χ0v) is 14.7. The van der Waals surface area contributed by atoms with Crippen LogP contribution in [0.2, 0.25) is 0 Å². The van der Waals surface area contributed by atoms with E-state index in [1.54, 1.807) is 32.3 Å². The van der Waals surface area contributed by atoms with E-state index in [1.807, 2.05) is 19.9 Å². The van der Waals surface area contributed by atoms with Crippen LogP contribution in [0.25, 0.3) is 10.9 Å². The Bertz CT molecular complexity index is 1110. The predicted molar refractivity (Wildman–Crippen MR) is 92.7 cm³/mol. The van der Waals surface area contributed by atoms with E-state index in [1.165, 1.54) is 15.3 Å². The number of nitrogens with one attached hydrogen (secondary N) is 1. The molecule has 8 heteroatoms. The minimum atomic E-state index is -3.83. The van der Waals surface area contributed by atoms with Crippen LogP contribution < -0.4 is 10.3 Å². The third kappa shape index (κ3) is 2.58. The van der Waals surface area contributed by atoms with Gasteiger partial charge in [-0.2, -0.15) is 5.10 Å². The number of nitrogens with zero attached hydrogens (tertiary/aromatic N) is 3. The van der Waals surface area contributed by atoms with Crippen LogP contribution in [0.4, 0.5) is 5.82 Å². The Morgan fingerprint density at radius 2 is 1.83 bits per heavy atom. The van der Waals surface area contributed by atoms with Gasteiger partial charge in [-0.05, 0) is 37.6 Å². The zero-order chi connectivity index (χ0) is 17.6. The molecule has 0 atom stereocenters. The molecular formula is C16H18N4O3S. The molecule has 0 unspecified atom stereocenters. The molecule has 0 amide bonds. The van der Waals surface area contributed by atoms with Gasteiger partial charge in [0.2, 0.25) is 0 Å². The number of hydrogen-bond donors (Lipinski definition) is 1. The molecule has 0 radical (unpaired) electrons. The molecule has 3 rings (SSSR count). The first-order chi connectivity index (χ1) is 11.2. The first kappa shape index (κ1) is 16.3. The molecule has 0 aliphatic rings. The standard InChI is InChI=1S/C16H18N4O3S/c1-10-6-5-7-12(8-10)24(22,23)18-15-14-13(20(4)17-15)9-11(2)19(3)16(14)21/h5-9H,1-4H3,(H,17,18). The summed E-state index contributed by atoms with van der Waals surface area (Å²) in [6.45, 7) is 3.62. The van der Waals surface area contributed by atoms with Gasteiger partial charge in [-0.3, -0.25) is 14.2 Å². The summed E-state index contributed by atoms with van der Waals surface area (Å²) in [6, 6.07) is 8.35. The quantitative estimate of drug-likeness (QED) is 0.782. The summed E-state index contributed by atoms with van der Waals surface area (Å²) in [6.07, 6.45) is 0. The Labute approximate surface area is 139 Å². The van der Waals surface area contributed by atoms with Gasteiger partial charge in [0.1, 0.15) is 5.39 Å². The van der Waals surface area contributed by atoms with Crippen molar-refractivity contribution in [1.82, 2.24) is 14.3 Å². The zero-order valence-electron chi connectivity index (χ0n) is 13.9.